The summed E-state index contributed by atoms with van der Waals surface area (Å²) in [7, 11) is -3.51. The zero-order valence-corrected chi connectivity index (χ0v) is 21.3. The monoisotopic (exact) mass is 533 g/mol. The van der Waals surface area contributed by atoms with Crippen molar-refractivity contribution in [2.75, 3.05) is 42.8 Å². The highest BCUT2D eigenvalue weighted by molar-refractivity contribution is 7.90. The Balaban J connectivity index is 1.33. The van der Waals surface area contributed by atoms with Gasteiger partial charge in [0, 0.05) is 42.9 Å². The molecule has 3 aromatic rings. The molecule has 0 spiro atoms. The average Bonchev–Trinajstić information content (AvgIpc) is 2.82. The lowest BCUT2D eigenvalue weighted by molar-refractivity contribution is -0.0757. The third-order valence-corrected chi connectivity index (χ3v) is 7.74. The van der Waals surface area contributed by atoms with Gasteiger partial charge in [-0.25, -0.2) is 27.8 Å². The fourth-order valence-electron chi connectivity index (χ4n) is 4.60. The van der Waals surface area contributed by atoms with E-state index in [2.05, 4.69) is 25.2 Å². The number of rotatable bonds is 6. The largest absolute Gasteiger partial charge is 0.489 e. The van der Waals surface area contributed by atoms with Gasteiger partial charge in [0.1, 0.15) is 23.5 Å². The van der Waals surface area contributed by atoms with Crippen LogP contribution in [-0.2, 0) is 14.6 Å². The molecule has 2 aromatic heterocycles. The lowest BCUT2D eigenvalue weighted by atomic mass is 9.84. The van der Waals surface area contributed by atoms with Crippen molar-refractivity contribution in [3.63, 3.8) is 0 Å². The topological polar surface area (TPSA) is 107 Å². The number of aromatic nitrogens is 3. The standard InChI is InChI=1S/C24H25ClFN5O4S/c1-14-21(5-6-27-23(14)30-20-4-3-18(7-19(20)26)36(2,32)33)35-22-15-10-31(11-16(22)13-34-12-15)24-28-8-17(25)9-29-24/h3-9,15-16,22H,10-13H2,1-2H3,(H,27,30). The van der Waals surface area contributed by atoms with Gasteiger partial charge in [0.15, 0.2) is 9.84 Å². The number of benzene rings is 1. The van der Waals surface area contributed by atoms with E-state index in [1.165, 1.54) is 12.1 Å². The molecule has 0 saturated carbocycles. The van der Waals surface area contributed by atoms with Crippen molar-refractivity contribution in [3.05, 3.63) is 59.3 Å². The SMILES string of the molecule is Cc1c(OC2C3COCC2CN(c2ncc(Cl)cn2)C3)ccnc1Nc1ccc(S(C)(=O)=O)cc1F. The first-order chi connectivity index (χ1) is 17.2. The Morgan fingerprint density at radius 1 is 1.14 bits per heavy atom. The molecule has 0 aliphatic carbocycles. The molecule has 190 valence electrons. The van der Waals surface area contributed by atoms with E-state index in [9.17, 15) is 12.8 Å². The summed E-state index contributed by atoms with van der Waals surface area (Å²) in [4.78, 5) is 15.1. The van der Waals surface area contributed by atoms with Crippen molar-refractivity contribution >= 4 is 38.9 Å². The van der Waals surface area contributed by atoms with Crippen LogP contribution in [-0.4, -0.2) is 62.0 Å². The number of nitrogens with one attached hydrogen (secondary N) is 1. The van der Waals surface area contributed by atoms with Gasteiger partial charge < -0.3 is 19.7 Å². The van der Waals surface area contributed by atoms with Crippen LogP contribution in [0.25, 0.3) is 0 Å². The quantitative estimate of drug-likeness (QED) is 0.508. The van der Waals surface area contributed by atoms with Crippen molar-refractivity contribution in [3.8, 4) is 5.75 Å². The maximum atomic E-state index is 14.6. The number of ether oxygens (including phenoxy) is 2. The molecule has 2 saturated heterocycles. The average molecular weight is 534 g/mol. The Labute approximate surface area is 213 Å². The van der Waals surface area contributed by atoms with Crippen LogP contribution >= 0.6 is 11.6 Å². The predicted octanol–water partition coefficient (Wildman–Crippen LogP) is 3.65. The molecule has 9 nitrogen and oxygen atoms in total. The Morgan fingerprint density at radius 2 is 1.83 bits per heavy atom. The Bertz CT molecular complexity index is 1360. The first-order valence-corrected chi connectivity index (χ1v) is 13.6. The van der Waals surface area contributed by atoms with Crippen molar-refractivity contribution in [1.82, 2.24) is 15.0 Å². The van der Waals surface area contributed by atoms with E-state index >= 15 is 0 Å². The number of fused-ring (bicyclic) bond motifs is 2. The molecule has 12 heteroatoms. The second kappa shape index (κ2) is 9.79. The van der Waals surface area contributed by atoms with Gasteiger partial charge in [-0.1, -0.05) is 11.6 Å². The number of halogens is 2. The van der Waals surface area contributed by atoms with Gasteiger partial charge in [0.2, 0.25) is 5.95 Å². The highest BCUT2D eigenvalue weighted by Crippen LogP contribution is 2.35. The third kappa shape index (κ3) is 5.09. The number of nitrogens with zero attached hydrogens (tertiary/aromatic N) is 4. The van der Waals surface area contributed by atoms with Crippen LogP contribution in [0, 0.1) is 24.6 Å². The molecule has 36 heavy (non-hydrogen) atoms. The van der Waals surface area contributed by atoms with Crippen LogP contribution in [0.15, 0.2) is 47.8 Å². The van der Waals surface area contributed by atoms with E-state index in [0.29, 0.717) is 54.4 Å². The number of piperidine rings is 1. The summed E-state index contributed by atoms with van der Waals surface area (Å²) in [5, 5.41) is 3.45. The summed E-state index contributed by atoms with van der Waals surface area (Å²) in [5.74, 6) is 1.20. The van der Waals surface area contributed by atoms with Gasteiger partial charge in [-0.05, 0) is 31.2 Å². The highest BCUT2D eigenvalue weighted by atomic mass is 35.5. The number of pyridine rings is 1. The number of hydrogen-bond donors (Lipinski definition) is 1. The molecule has 2 unspecified atom stereocenters. The lowest BCUT2D eigenvalue weighted by Crippen LogP contribution is -2.58. The Kier molecular flexibility index (Phi) is 6.71. The van der Waals surface area contributed by atoms with Crippen molar-refractivity contribution in [1.29, 1.82) is 0 Å². The van der Waals surface area contributed by atoms with E-state index in [1.807, 2.05) is 6.92 Å². The molecule has 2 aliphatic heterocycles. The van der Waals surface area contributed by atoms with E-state index in [4.69, 9.17) is 21.1 Å². The fraction of sp³-hybridized carbons (Fsp3) is 0.375. The minimum absolute atomic E-state index is 0.0815. The number of anilines is 3. The zero-order valence-electron chi connectivity index (χ0n) is 19.7. The summed E-state index contributed by atoms with van der Waals surface area (Å²) >= 11 is 5.93. The molecule has 1 aromatic carbocycles. The molecule has 2 fully saturated rings. The van der Waals surface area contributed by atoms with Crippen molar-refractivity contribution in [2.24, 2.45) is 11.8 Å². The van der Waals surface area contributed by atoms with Crippen molar-refractivity contribution in [2.45, 2.75) is 17.9 Å². The van der Waals surface area contributed by atoms with Crippen LogP contribution in [0.3, 0.4) is 0 Å². The first kappa shape index (κ1) is 24.7. The fourth-order valence-corrected chi connectivity index (χ4v) is 5.33. The lowest BCUT2D eigenvalue weighted by Gasteiger charge is -2.46. The van der Waals surface area contributed by atoms with Gasteiger partial charge in [0.05, 0.1) is 41.2 Å². The summed E-state index contributed by atoms with van der Waals surface area (Å²) < 4.78 is 50.3. The summed E-state index contributed by atoms with van der Waals surface area (Å²) in [6.45, 7) is 4.30. The molecule has 2 bridgehead atoms. The van der Waals surface area contributed by atoms with Gasteiger partial charge in [-0.2, -0.15) is 0 Å². The van der Waals surface area contributed by atoms with E-state index in [-0.39, 0.29) is 28.5 Å². The van der Waals surface area contributed by atoms with Crippen LogP contribution in [0.4, 0.5) is 21.8 Å². The first-order valence-electron chi connectivity index (χ1n) is 11.4. The van der Waals surface area contributed by atoms with Gasteiger partial charge in [-0.15, -0.1) is 0 Å². The van der Waals surface area contributed by atoms with Crippen LogP contribution in [0.5, 0.6) is 5.75 Å². The molecular formula is C24H25ClFN5O4S. The van der Waals surface area contributed by atoms with Crippen LogP contribution in [0.1, 0.15) is 5.56 Å². The number of sulfone groups is 1. The molecule has 0 radical (unpaired) electrons. The third-order valence-electron chi connectivity index (χ3n) is 6.43. The summed E-state index contributed by atoms with van der Waals surface area (Å²) in [6.07, 6.45) is 5.73. The highest BCUT2D eigenvalue weighted by Gasteiger charge is 2.43. The summed E-state index contributed by atoms with van der Waals surface area (Å²) in [5.41, 5.74) is 0.836. The minimum Gasteiger partial charge on any atom is -0.489 e. The van der Waals surface area contributed by atoms with Crippen LogP contribution in [0.2, 0.25) is 5.02 Å². The molecule has 2 atom stereocenters. The van der Waals surface area contributed by atoms with E-state index in [1.54, 1.807) is 24.7 Å². The van der Waals surface area contributed by atoms with Gasteiger partial charge in [0.25, 0.3) is 0 Å². The van der Waals surface area contributed by atoms with Gasteiger partial charge >= 0.3 is 0 Å². The summed E-state index contributed by atoms with van der Waals surface area (Å²) in [6, 6.07) is 5.52. The molecule has 0 amide bonds. The molecule has 1 N–H and O–H groups in total. The predicted molar refractivity (Wildman–Crippen MR) is 133 cm³/mol. The molecule has 5 rings (SSSR count). The second-order valence-corrected chi connectivity index (χ2v) is 11.5. The Hall–Kier alpha value is -3.02. The minimum atomic E-state index is -3.51. The van der Waals surface area contributed by atoms with Crippen molar-refractivity contribution < 1.29 is 22.3 Å². The van der Waals surface area contributed by atoms with E-state index < -0.39 is 15.7 Å². The maximum Gasteiger partial charge on any atom is 0.225 e. The molecule has 2 aliphatic rings. The number of hydrogen-bond acceptors (Lipinski definition) is 9. The smallest absolute Gasteiger partial charge is 0.225 e. The zero-order chi connectivity index (χ0) is 25.4. The van der Waals surface area contributed by atoms with Crippen LogP contribution < -0.4 is 15.0 Å². The second-order valence-electron chi connectivity index (χ2n) is 9.07. The molecular weight excluding hydrogens is 509 g/mol. The maximum absolute atomic E-state index is 14.6. The Morgan fingerprint density at radius 3 is 2.47 bits per heavy atom. The molecule has 4 heterocycles. The van der Waals surface area contributed by atoms with Gasteiger partial charge in [-0.3, -0.25) is 0 Å². The normalized spacial score (nSPS) is 21.8. The van der Waals surface area contributed by atoms with E-state index in [0.717, 1.165) is 12.3 Å².